The van der Waals surface area contributed by atoms with Crippen LogP contribution >= 0.6 is 11.6 Å². The number of hydrogen-bond donors (Lipinski definition) is 2. The smallest absolute Gasteiger partial charge is 0.387 e. The van der Waals surface area contributed by atoms with Crippen molar-refractivity contribution in [1.29, 1.82) is 0 Å². The highest BCUT2D eigenvalue weighted by Crippen LogP contribution is 2.29. The summed E-state index contributed by atoms with van der Waals surface area (Å²) in [4.78, 5) is 0. The molecule has 0 saturated carbocycles. The van der Waals surface area contributed by atoms with Gasteiger partial charge in [0.05, 0.1) is 11.7 Å². The number of aliphatic hydroxyl groups excluding tert-OH is 1. The van der Waals surface area contributed by atoms with Crippen LogP contribution in [0.3, 0.4) is 0 Å². The topological polar surface area (TPSA) is 46.2 Å². The summed E-state index contributed by atoms with van der Waals surface area (Å²) in [5.41, 5.74) is 6.48. The molecule has 22 heavy (non-hydrogen) atoms. The summed E-state index contributed by atoms with van der Waals surface area (Å²) in [5, 5.41) is 10.7. The van der Waals surface area contributed by atoms with Crippen molar-refractivity contribution in [3.05, 3.63) is 70.2 Å². The fourth-order valence-electron chi connectivity index (χ4n) is 2.12. The Balaban J connectivity index is 2.05. The number of benzene rings is 2. The van der Waals surface area contributed by atoms with Crippen LogP contribution in [0.5, 0.6) is 0 Å². The van der Waals surface area contributed by atoms with Gasteiger partial charge in [0.2, 0.25) is 0 Å². The number of aliphatic hydroxyl groups is 1. The van der Waals surface area contributed by atoms with Gasteiger partial charge < -0.3 is 10.8 Å². The minimum absolute atomic E-state index is 0.266. The van der Waals surface area contributed by atoms with Crippen molar-refractivity contribution in [3.63, 3.8) is 0 Å². The maximum absolute atomic E-state index is 12.5. The van der Waals surface area contributed by atoms with Crippen LogP contribution in [-0.4, -0.2) is 11.1 Å². The molecule has 118 valence electrons. The van der Waals surface area contributed by atoms with Gasteiger partial charge in [0.25, 0.3) is 0 Å². The van der Waals surface area contributed by atoms with E-state index in [-0.39, 0.29) is 6.42 Å². The van der Waals surface area contributed by atoms with Crippen molar-refractivity contribution in [1.82, 2.24) is 0 Å². The second kappa shape index (κ2) is 6.69. The highest BCUT2D eigenvalue weighted by atomic mass is 35.5. The molecule has 0 radical (unpaired) electrons. The van der Waals surface area contributed by atoms with E-state index in [1.54, 1.807) is 24.3 Å². The van der Waals surface area contributed by atoms with Gasteiger partial charge >= 0.3 is 6.18 Å². The lowest BCUT2D eigenvalue weighted by Crippen LogP contribution is -2.30. The monoisotopic (exact) mass is 329 g/mol. The quantitative estimate of drug-likeness (QED) is 0.891. The Morgan fingerprint density at radius 2 is 1.55 bits per heavy atom. The molecule has 0 aliphatic rings. The molecule has 2 rings (SSSR count). The van der Waals surface area contributed by atoms with Gasteiger partial charge in [-0.3, -0.25) is 0 Å². The summed E-state index contributed by atoms with van der Waals surface area (Å²) in [5.74, 6) is 0. The molecule has 0 aliphatic heterocycles. The van der Waals surface area contributed by atoms with E-state index >= 15 is 0 Å². The summed E-state index contributed by atoms with van der Waals surface area (Å²) in [6.45, 7) is 0. The van der Waals surface area contributed by atoms with Gasteiger partial charge in [0, 0.05) is 11.1 Å². The van der Waals surface area contributed by atoms with Gasteiger partial charge in [-0.2, -0.15) is 13.2 Å². The van der Waals surface area contributed by atoms with E-state index < -0.39 is 23.9 Å². The second-order valence-corrected chi connectivity index (χ2v) is 5.50. The van der Waals surface area contributed by atoms with Crippen molar-refractivity contribution in [2.75, 3.05) is 0 Å². The number of nitrogens with two attached hydrogens (primary N) is 1. The maximum Gasteiger partial charge on any atom is 0.416 e. The van der Waals surface area contributed by atoms with Gasteiger partial charge in [0.1, 0.15) is 0 Å². The van der Waals surface area contributed by atoms with Gasteiger partial charge in [-0.15, -0.1) is 0 Å². The number of hydrogen-bond acceptors (Lipinski definition) is 2. The largest absolute Gasteiger partial charge is 0.416 e. The van der Waals surface area contributed by atoms with Crippen LogP contribution in [0.15, 0.2) is 48.5 Å². The Hall–Kier alpha value is -1.56. The molecule has 0 aliphatic carbocycles. The van der Waals surface area contributed by atoms with E-state index in [1.807, 2.05) is 0 Å². The maximum atomic E-state index is 12.5. The molecule has 3 N–H and O–H groups in total. The van der Waals surface area contributed by atoms with Crippen LogP contribution in [0.25, 0.3) is 0 Å². The average molecular weight is 330 g/mol. The SMILES string of the molecule is NC(Cc1ccc(C(F)(F)F)cc1)C(O)c1ccc(Cl)cc1. The summed E-state index contributed by atoms with van der Waals surface area (Å²) in [6.07, 6.45) is -5.01. The lowest BCUT2D eigenvalue weighted by Gasteiger charge is -2.19. The zero-order valence-corrected chi connectivity index (χ0v) is 12.3. The standard InChI is InChI=1S/C16H15ClF3NO/c17-13-7-3-11(4-8-13)15(22)14(21)9-10-1-5-12(6-2-10)16(18,19)20/h1-8,14-15,22H,9,21H2. The lowest BCUT2D eigenvalue weighted by molar-refractivity contribution is -0.137. The molecule has 0 aromatic heterocycles. The van der Waals surface area contributed by atoms with E-state index in [0.29, 0.717) is 16.1 Å². The molecule has 2 unspecified atom stereocenters. The van der Waals surface area contributed by atoms with Crippen LogP contribution in [0, 0.1) is 0 Å². The Labute approximate surface area is 131 Å². The average Bonchev–Trinajstić information content (AvgIpc) is 2.47. The summed E-state index contributed by atoms with van der Waals surface area (Å²) < 4.78 is 37.5. The lowest BCUT2D eigenvalue weighted by atomic mass is 9.96. The van der Waals surface area contributed by atoms with E-state index in [4.69, 9.17) is 17.3 Å². The van der Waals surface area contributed by atoms with Crippen LogP contribution in [0.1, 0.15) is 22.8 Å². The molecule has 0 bridgehead atoms. The zero-order valence-electron chi connectivity index (χ0n) is 11.5. The third-order valence-corrected chi connectivity index (χ3v) is 3.62. The van der Waals surface area contributed by atoms with Crippen LogP contribution < -0.4 is 5.73 Å². The van der Waals surface area contributed by atoms with Gasteiger partial charge in [-0.1, -0.05) is 35.9 Å². The molecule has 0 saturated heterocycles. The first kappa shape index (κ1) is 16.8. The highest BCUT2D eigenvalue weighted by molar-refractivity contribution is 6.30. The molecule has 0 amide bonds. The third-order valence-electron chi connectivity index (χ3n) is 3.37. The first-order valence-corrected chi connectivity index (χ1v) is 7.00. The van der Waals surface area contributed by atoms with Crippen molar-refractivity contribution >= 4 is 11.6 Å². The summed E-state index contributed by atoms with van der Waals surface area (Å²) >= 11 is 5.77. The minimum Gasteiger partial charge on any atom is -0.387 e. The molecule has 2 nitrogen and oxygen atoms in total. The van der Waals surface area contributed by atoms with Crippen molar-refractivity contribution < 1.29 is 18.3 Å². The predicted octanol–water partition coefficient (Wildman–Crippen LogP) is 3.96. The van der Waals surface area contributed by atoms with Crippen LogP contribution in [-0.2, 0) is 12.6 Å². The van der Waals surface area contributed by atoms with Crippen molar-refractivity contribution in [3.8, 4) is 0 Å². The Bertz CT molecular complexity index is 611. The molecule has 2 aromatic carbocycles. The summed E-state index contributed by atoms with van der Waals surface area (Å²) in [7, 11) is 0. The van der Waals surface area contributed by atoms with E-state index in [0.717, 1.165) is 12.1 Å². The third kappa shape index (κ3) is 4.22. The number of halogens is 4. The first-order chi connectivity index (χ1) is 10.3. The molecular formula is C16H15ClF3NO. The predicted molar refractivity (Wildman–Crippen MR) is 79.5 cm³/mol. The fourth-order valence-corrected chi connectivity index (χ4v) is 2.25. The zero-order chi connectivity index (χ0) is 16.3. The molecule has 2 aromatic rings. The van der Waals surface area contributed by atoms with E-state index in [9.17, 15) is 18.3 Å². The van der Waals surface area contributed by atoms with E-state index in [1.165, 1.54) is 12.1 Å². The number of rotatable bonds is 4. The molecule has 6 heteroatoms. The fraction of sp³-hybridized carbons (Fsp3) is 0.250. The molecular weight excluding hydrogens is 315 g/mol. The van der Waals surface area contributed by atoms with Gasteiger partial charge in [-0.25, -0.2) is 0 Å². The van der Waals surface area contributed by atoms with Crippen LogP contribution in [0.2, 0.25) is 5.02 Å². The van der Waals surface area contributed by atoms with Crippen molar-refractivity contribution in [2.45, 2.75) is 24.7 Å². The Kier molecular flexibility index (Phi) is 5.11. The molecule has 0 fully saturated rings. The normalized spacial score (nSPS) is 14.6. The molecule has 0 spiro atoms. The Morgan fingerprint density at radius 3 is 2.05 bits per heavy atom. The first-order valence-electron chi connectivity index (χ1n) is 6.62. The summed E-state index contributed by atoms with van der Waals surface area (Å²) in [6, 6.07) is 10.8. The van der Waals surface area contributed by atoms with Crippen LogP contribution in [0.4, 0.5) is 13.2 Å². The highest BCUT2D eigenvalue weighted by Gasteiger charge is 2.30. The number of alkyl halides is 3. The Morgan fingerprint density at radius 1 is 1.00 bits per heavy atom. The molecule has 0 heterocycles. The van der Waals surface area contributed by atoms with Gasteiger partial charge in [-0.05, 0) is 41.8 Å². The van der Waals surface area contributed by atoms with Gasteiger partial charge in [0.15, 0.2) is 0 Å². The second-order valence-electron chi connectivity index (χ2n) is 5.06. The van der Waals surface area contributed by atoms with E-state index in [2.05, 4.69) is 0 Å². The molecule has 2 atom stereocenters. The van der Waals surface area contributed by atoms with Crippen molar-refractivity contribution in [2.24, 2.45) is 5.73 Å². The minimum atomic E-state index is -4.36.